The Morgan fingerprint density at radius 3 is 2.18 bits per heavy atom. The van der Waals surface area contributed by atoms with Crippen molar-refractivity contribution in [3.63, 3.8) is 0 Å². The summed E-state index contributed by atoms with van der Waals surface area (Å²) < 4.78 is 2.25. The third kappa shape index (κ3) is 3.85. The number of nitrogens with zero attached hydrogens (tertiary/aromatic N) is 3. The van der Waals surface area contributed by atoms with Crippen LogP contribution in [0.1, 0.15) is 0 Å². The van der Waals surface area contributed by atoms with Crippen LogP contribution in [0.25, 0.3) is 83.1 Å². The fraction of sp³-hybridized carbons (Fsp3) is 0. The van der Waals surface area contributed by atoms with Crippen molar-refractivity contribution in [2.24, 2.45) is 0 Å². The molecular weight excluding hydrogens is 536 g/mol. The number of H-pyrrole nitrogens is 1. The molecular formula is C40H26N4. The van der Waals surface area contributed by atoms with E-state index in [0.29, 0.717) is 0 Å². The first-order valence-electron chi connectivity index (χ1n) is 14.8. The Morgan fingerprint density at radius 2 is 1.25 bits per heavy atom. The van der Waals surface area contributed by atoms with Crippen molar-refractivity contribution in [3.8, 4) is 39.3 Å². The molecule has 4 heterocycles. The number of hydrogen-bond acceptors (Lipinski definition) is 2. The van der Waals surface area contributed by atoms with E-state index in [1.807, 2.05) is 12.3 Å². The van der Waals surface area contributed by atoms with Gasteiger partial charge in [-0.15, -0.1) is 0 Å². The van der Waals surface area contributed by atoms with E-state index in [9.17, 15) is 0 Å². The average Bonchev–Trinajstić information content (AvgIpc) is 3.64. The maximum atomic E-state index is 5.27. The summed E-state index contributed by atoms with van der Waals surface area (Å²) >= 11 is 0. The van der Waals surface area contributed by atoms with E-state index in [0.717, 1.165) is 55.8 Å². The molecule has 9 rings (SSSR count). The molecule has 9 aromatic rings. The summed E-state index contributed by atoms with van der Waals surface area (Å²) in [5, 5.41) is 4.76. The van der Waals surface area contributed by atoms with Crippen molar-refractivity contribution in [3.05, 3.63) is 152 Å². The highest BCUT2D eigenvalue weighted by molar-refractivity contribution is 6.13. The molecule has 0 amide bonds. The molecule has 0 aliphatic heterocycles. The van der Waals surface area contributed by atoms with Gasteiger partial charge in [-0.2, -0.15) is 0 Å². The van der Waals surface area contributed by atoms with Gasteiger partial charge in [0, 0.05) is 50.1 Å². The minimum atomic E-state index is 0.924. The zero-order valence-electron chi connectivity index (χ0n) is 23.8. The molecule has 0 fully saturated rings. The Labute approximate surface area is 253 Å². The van der Waals surface area contributed by atoms with Gasteiger partial charge in [0.05, 0.1) is 22.4 Å². The van der Waals surface area contributed by atoms with Gasteiger partial charge in [-0.1, -0.05) is 84.9 Å². The van der Waals surface area contributed by atoms with Crippen LogP contribution in [0.4, 0.5) is 0 Å². The number of fused-ring (bicyclic) bond motifs is 6. The van der Waals surface area contributed by atoms with Crippen LogP contribution < -0.4 is 0 Å². The summed E-state index contributed by atoms with van der Waals surface area (Å²) in [6.07, 6.45) is 1.86. The largest absolute Gasteiger partial charge is 0.354 e. The lowest BCUT2D eigenvalue weighted by atomic mass is 9.97. The Bertz CT molecular complexity index is 2450. The number of hydrogen-bond donors (Lipinski definition) is 1. The van der Waals surface area contributed by atoms with E-state index in [1.54, 1.807) is 0 Å². The average molecular weight is 563 g/mol. The normalized spacial score (nSPS) is 11.6. The van der Waals surface area contributed by atoms with E-state index < -0.39 is 0 Å². The van der Waals surface area contributed by atoms with Gasteiger partial charge in [0.15, 0.2) is 0 Å². The molecule has 0 radical (unpaired) electrons. The first-order valence-corrected chi connectivity index (χ1v) is 14.8. The van der Waals surface area contributed by atoms with Crippen LogP contribution in [0.15, 0.2) is 152 Å². The molecule has 4 heteroatoms. The fourth-order valence-electron chi connectivity index (χ4n) is 6.56. The maximum Gasteiger partial charge on any atom is 0.145 e. The number of aromatic amines is 1. The van der Waals surface area contributed by atoms with E-state index in [1.165, 1.54) is 27.3 Å². The van der Waals surface area contributed by atoms with E-state index in [4.69, 9.17) is 9.97 Å². The Morgan fingerprint density at radius 1 is 0.500 bits per heavy atom. The molecule has 0 aliphatic carbocycles. The molecule has 0 saturated carbocycles. The van der Waals surface area contributed by atoms with Crippen molar-refractivity contribution in [2.75, 3.05) is 0 Å². The van der Waals surface area contributed by atoms with Gasteiger partial charge in [0.25, 0.3) is 0 Å². The second kappa shape index (κ2) is 9.79. The number of pyridine rings is 2. The Hall–Kier alpha value is -6.00. The van der Waals surface area contributed by atoms with Crippen LogP contribution in [0.2, 0.25) is 0 Å². The van der Waals surface area contributed by atoms with Crippen LogP contribution >= 0.6 is 0 Å². The molecule has 4 aromatic heterocycles. The maximum absolute atomic E-state index is 5.27. The van der Waals surface area contributed by atoms with Gasteiger partial charge in [-0.3, -0.25) is 4.57 Å². The first kappa shape index (κ1) is 24.6. The molecule has 44 heavy (non-hydrogen) atoms. The lowest BCUT2D eigenvalue weighted by Gasteiger charge is -2.11. The summed E-state index contributed by atoms with van der Waals surface area (Å²) in [7, 11) is 0. The molecule has 0 spiro atoms. The summed E-state index contributed by atoms with van der Waals surface area (Å²) in [5.41, 5.74) is 11.7. The van der Waals surface area contributed by atoms with Gasteiger partial charge in [0.1, 0.15) is 5.65 Å². The van der Waals surface area contributed by atoms with E-state index >= 15 is 0 Å². The summed E-state index contributed by atoms with van der Waals surface area (Å²) in [6.45, 7) is 0. The van der Waals surface area contributed by atoms with Crippen molar-refractivity contribution in [1.82, 2.24) is 19.5 Å². The highest BCUT2D eigenvalue weighted by Crippen LogP contribution is 2.38. The first-order chi connectivity index (χ1) is 21.8. The summed E-state index contributed by atoms with van der Waals surface area (Å²) in [6, 6.07) is 51.2. The second-order valence-electron chi connectivity index (χ2n) is 11.2. The standard InChI is InChI=1S/C40H26N4/c1-2-11-26(12-3-1)28-24-33-30-15-4-6-18-36(30)43-39(33)34(25-28)37-20-9-19-35(42-37)27-13-8-14-29(23-27)44-38-21-7-5-16-31(38)32-17-10-22-41-40(32)44/h1-25,43H. The van der Waals surface area contributed by atoms with Crippen molar-refractivity contribution < 1.29 is 0 Å². The molecule has 0 unspecified atom stereocenters. The Kier molecular flexibility index (Phi) is 5.47. The lowest BCUT2D eigenvalue weighted by Crippen LogP contribution is -1.96. The van der Waals surface area contributed by atoms with Gasteiger partial charge >= 0.3 is 0 Å². The molecule has 0 aliphatic rings. The highest BCUT2D eigenvalue weighted by Gasteiger charge is 2.16. The minimum absolute atomic E-state index is 0.924. The van der Waals surface area contributed by atoms with Crippen molar-refractivity contribution >= 4 is 43.7 Å². The topological polar surface area (TPSA) is 46.5 Å². The molecule has 206 valence electrons. The van der Waals surface area contributed by atoms with E-state index in [2.05, 4.69) is 149 Å². The third-order valence-electron chi connectivity index (χ3n) is 8.58. The molecule has 0 bridgehead atoms. The minimum Gasteiger partial charge on any atom is -0.354 e. The Balaban J connectivity index is 1.22. The number of para-hydroxylation sites is 2. The molecule has 5 aromatic carbocycles. The summed E-state index contributed by atoms with van der Waals surface area (Å²) in [5.74, 6) is 0. The summed E-state index contributed by atoms with van der Waals surface area (Å²) in [4.78, 5) is 13.7. The van der Waals surface area contributed by atoms with Crippen LogP contribution in [-0.4, -0.2) is 19.5 Å². The van der Waals surface area contributed by atoms with Gasteiger partial charge in [-0.05, 0) is 71.8 Å². The molecule has 0 atom stereocenters. The van der Waals surface area contributed by atoms with E-state index in [-0.39, 0.29) is 0 Å². The number of rotatable bonds is 4. The van der Waals surface area contributed by atoms with Gasteiger partial charge < -0.3 is 4.98 Å². The van der Waals surface area contributed by atoms with Crippen LogP contribution in [0, 0.1) is 0 Å². The van der Waals surface area contributed by atoms with Gasteiger partial charge in [-0.25, -0.2) is 9.97 Å². The van der Waals surface area contributed by atoms with Crippen LogP contribution in [-0.2, 0) is 0 Å². The fourth-order valence-corrected chi connectivity index (χ4v) is 6.56. The number of nitrogens with one attached hydrogen (secondary N) is 1. The predicted octanol–water partition coefficient (Wildman–Crippen LogP) is 10.2. The number of benzene rings is 5. The van der Waals surface area contributed by atoms with Crippen molar-refractivity contribution in [1.29, 1.82) is 0 Å². The quantitative estimate of drug-likeness (QED) is 0.232. The smallest absolute Gasteiger partial charge is 0.145 e. The zero-order chi connectivity index (χ0) is 29.0. The molecule has 4 nitrogen and oxygen atoms in total. The zero-order valence-corrected chi connectivity index (χ0v) is 23.8. The number of aromatic nitrogens is 4. The van der Waals surface area contributed by atoms with Crippen LogP contribution in [0.5, 0.6) is 0 Å². The SMILES string of the molecule is c1ccc(-c2cc(-c3cccc(-c4cccc(-n5c6ccccc6c6cccnc65)c4)n3)c3[nH]c4ccccc4c3c2)cc1. The highest BCUT2D eigenvalue weighted by atomic mass is 15.0. The van der Waals surface area contributed by atoms with Crippen LogP contribution in [0.3, 0.4) is 0 Å². The predicted molar refractivity (Wildman–Crippen MR) is 182 cm³/mol. The molecule has 0 saturated heterocycles. The van der Waals surface area contributed by atoms with Crippen molar-refractivity contribution in [2.45, 2.75) is 0 Å². The third-order valence-corrected chi connectivity index (χ3v) is 8.58. The second-order valence-corrected chi connectivity index (χ2v) is 11.2. The van der Waals surface area contributed by atoms with Gasteiger partial charge in [0.2, 0.25) is 0 Å². The lowest BCUT2D eigenvalue weighted by molar-refractivity contribution is 1.13. The monoisotopic (exact) mass is 562 g/mol. The molecule has 1 N–H and O–H groups in total.